The molecule has 72 valence electrons. The molecule has 0 amide bonds. The average Bonchev–Trinajstić information content (AvgIpc) is 2.67. The van der Waals surface area contributed by atoms with Gasteiger partial charge in [0, 0.05) is 10.7 Å². The van der Waals surface area contributed by atoms with Crippen LogP contribution in [0.4, 0.5) is 0 Å². The fourth-order valence-electron chi connectivity index (χ4n) is 1.22. The minimum absolute atomic E-state index is 0.0303. The van der Waals surface area contributed by atoms with Crippen LogP contribution in [0.1, 0.15) is 5.69 Å². The van der Waals surface area contributed by atoms with E-state index in [0.717, 1.165) is 10.2 Å². The van der Waals surface area contributed by atoms with Crippen molar-refractivity contribution in [2.75, 3.05) is 0 Å². The Hall–Kier alpha value is -1.13. The van der Waals surface area contributed by atoms with Gasteiger partial charge in [-0.1, -0.05) is 12.1 Å². The molecule has 1 aromatic heterocycles. The van der Waals surface area contributed by atoms with Crippen molar-refractivity contribution in [3.63, 3.8) is 0 Å². The van der Waals surface area contributed by atoms with Gasteiger partial charge in [0.1, 0.15) is 0 Å². The first-order valence-corrected chi connectivity index (χ1v) is 5.01. The van der Waals surface area contributed by atoms with Crippen molar-refractivity contribution in [1.82, 2.24) is 9.78 Å². The van der Waals surface area contributed by atoms with Gasteiger partial charge >= 0.3 is 0 Å². The first-order valence-electron chi connectivity index (χ1n) is 4.21. The molecule has 4 heteroatoms. The number of halogens is 1. The average molecular weight is 253 g/mol. The number of aliphatic hydroxyl groups is 1. The summed E-state index contributed by atoms with van der Waals surface area (Å²) >= 11 is 3.44. The quantitative estimate of drug-likeness (QED) is 0.890. The number of benzene rings is 1. The summed E-state index contributed by atoms with van der Waals surface area (Å²) in [5.74, 6) is 0. The van der Waals surface area contributed by atoms with E-state index in [2.05, 4.69) is 21.0 Å². The van der Waals surface area contributed by atoms with Crippen molar-refractivity contribution in [1.29, 1.82) is 0 Å². The monoisotopic (exact) mass is 252 g/mol. The first-order chi connectivity index (χ1) is 6.81. The summed E-state index contributed by atoms with van der Waals surface area (Å²) in [5.41, 5.74) is 1.63. The number of nitrogens with zero attached hydrogens (tertiary/aromatic N) is 2. The minimum atomic E-state index is -0.0303. The van der Waals surface area contributed by atoms with Crippen molar-refractivity contribution in [2.45, 2.75) is 6.61 Å². The molecule has 14 heavy (non-hydrogen) atoms. The molecule has 1 aromatic carbocycles. The Bertz CT molecular complexity index is 439. The van der Waals surface area contributed by atoms with Crippen LogP contribution in [-0.2, 0) is 6.61 Å². The van der Waals surface area contributed by atoms with Gasteiger partial charge in [0.2, 0.25) is 0 Å². The lowest BCUT2D eigenvalue weighted by Gasteiger charge is -2.02. The van der Waals surface area contributed by atoms with Gasteiger partial charge in [-0.3, -0.25) is 0 Å². The van der Waals surface area contributed by atoms with E-state index in [1.54, 1.807) is 10.7 Å². The highest BCUT2D eigenvalue weighted by Crippen LogP contribution is 2.19. The van der Waals surface area contributed by atoms with Crippen LogP contribution < -0.4 is 0 Å². The van der Waals surface area contributed by atoms with Crippen LogP contribution in [0.3, 0.4) is 0 Å². The Balaban J connectivity index is 2.44. The Kier molecular flexibility index (Phi) is 2.65. The molecule has 0 saturated carbocycles. The van der Waals surface area contributed by atoms with E-state index in [-0.39, 0.29) is 6.61 Å². The molecular formula is C10H9BrN2O. The van der Waals surface area contributed by atoms with Gasteiger partial charge in [0.25, 0.3) is 0 Å². The fourth-order valence-corrected chi connectivity index (χ4v) is 1.68. The van der Waals surface area contributed by atoms with Gasteiger partial charge in [0.05, 0.1) is 18.0 Å². The standard InChI is InChI=1S/C10H9BrN2O/c11-9-3-1-2-4-10(9)13-6-5-8(7-14)12-13/h1-6,14H,7H2. The second-order valence-corrected chi connectivity index (χ2v) is 3.72. The lowest BCUT2D eigenvalue weighted by Crippen LogP contribution is -1.96. The van der Waals surface area contributed by atoms with Crippen LogP contribution in [0.2, 0.25) is 0 Å². The maximum atomic E-state index is 8.88. The third-order valence-electron chi connectivity index (χ3n) is 1.91. The van der Waals surface area contributed by atoms with E-state index in [9.17, 15) is 0 Å². The van der Waals surface area contributed by atoms with E-state index in [4.69, 9.17) is 5.11 Å². The predicted molar refractivity (Wildman–Crippen MR) is 57.2 cm³/mol. The summed E-state index contributed by atoms with van der Waals surface area (Å²) in [6.07, 6.45) is 1.83. The van der Waals surface area contributed by atoms with Crippen molar-refractivity contribution in [3.05, 3.63) is 46.7 Å². The zero-order valence-corrected chi connectivity index (χ0v) is 8.98. The van der Waals surface area contributed by atoms with Gasteiger partial charge in [-0.05, 0) is 34.1 Å². The molecule has 0 spiro atoms. The molecule has 0 aliphatic carbocycles. The molecule has 0 bridgehead atoms. The lowest BCUT2D eigenvalue weighted by molar-refractivity contribution is 0.276. The predicted octanol–water partition coefficient (Wildman–Crippen LogP) is 2.13. The number of hydrogen-bond donors (Lipinski definition) is 1. The highest BCUT2D eigenvalue weighted by Gasteiger charge is 2.02. The molecule has 0 unspecified atom stereocenters. The summed E-state index contributed by atoms with van der Waals surface area (Å²) < 4.78 is 2.71. The smallest absolute Gasteiger partial charge is 0.0883 e. The number of aromatic nitrogens is 2. The van der Waals surface area contributed by atoms with Crippen molar-refractivity contribution < 1.29 is 5.11 Å². The van der Waals surface area contributed by atoms with Crippen LogP contribution in [-0.4, -0.2) is 14.9 Å². The summed E-state index contributed by atoms with van der Waals surface area (Å²) in [7, 11) is 0. The molecule has 3 nitrogen and oxygen atoms in total. The lowest BCUT2D eigenvalue weighted by atomic mass is 10.3. The summed E-state index contributed by atoms with van der Waals surface area (Å²) in [6.45, 7) is -0.0303. The molecule has 0 saturated heterocycles. The molecule has 1 heterocycles. The topological polar surface area (TPSA) is 38.0 Å². The Labute approximate surface area is 90.1 Å². The van der Waals surface area contributed by atoms with E-state index in [1.807, 2.05) is 30.5 Å². The van der Waals surface area contributed by atoms with Crippen LogP contribution in [0.5, 0.6) is 0 Å². The van der Waals surface area contributed by atoms with Crippen LogP contribution in [0.25, 0.3) is 5.69 Å². The van der Waals surface area contributed by atoms with E-state index in [0.29, 0.717) is 5.69 Å². The molecule has 0 aliphatic rings. The second-order valence-electron chi connectivity index (χ2n) is 2.86. The largest absolute Gasteiger partial charge is 0.390 e. The zero-order valence-electron chi connectivity index (χ0n) is 7.39. The third kappa shape index (κ3) is 1.71. The van der Waals surface area contributed by atoms with Crippen LogP contribution in [0, 0.1) is 0 Å². The molecule has 0 aliphatic heterocycles. The number of para-hydroxylation sites is 1. The normalized spacial score (nSPS) is 10.4. The SMILES string of the molecule is OCc1ccn(-c2ccccc2Br)n1. The van der Waals surface area contributed by atoms with Gasteiger partial charge in [0.15, 0.2) is 0 Å². The molecule has 0 radical (unpaired) electrons. The Morgan fingerprint density at radius 3 is 2.71 bits per heavy atom. The zero-order chi connectivity index (χ0) is 9.97. The van der Waals surface area contributed by atoms with Gasteiger partial charge < -0.3 is 5.11 Å². The second kappa shape index (κ2) is 3.94. The molecule has 2 aromatic rings. The molecular weight excluding hydrogens is 244 g/mol. The highest BCUT2D eigenvalue weighted by atomic mass is 79.9. The van der Waals surface area contributed by atoms with Gasteiger partial charge in [-0.25, -0.2) is 4.68 Å². The number of aliphatic hydroxyl groups excluding tert-OH is 1. The molecule has 0 atom stereocenters. The van der Waals surface area contributed by atoms with E-state index < -0.39 is 0 Å². The fraction of sp³-hybridized carbons (Fsp3) is 0.100. The van der Waals surface area contributed by atoms with Crippen LogP contribution in [0.15, 0.2) is 41.0 Å². The van der Waals surface area contributed by atoms with Crippen molar-refractivity contribution in [3.8, 4) is 5.69 Å². The van der Waals surface area contributed by atoms with Crippen molar-refractivity contribution in [2.24, 2.45) is 0 Å². The van der Waals surface area contributed by atoms with E-state index >= 15 is 0 Å². The summed E-state index contributed by atoms with van der Waals surface area (Å²) in [4.78, 5) is 0. The summed E-state index contributed by atoms with van der Waals surface area (Å²) in [6, 6.07) is 9.59. The molecule has 0 fully saturated rings. The molecule has 1 N–H and O–H groups in total. The van der Waals surface area contributed by atoms with E-state index in [1.165, 1.54) is 0 Å². The highest BCUT2D eigenvalue weighted by molar-refractivity contribution is 9.10. The van der Waals surface area contributed by atoms with Gasteiger partial charge in [-0.15, -0.1) is 0 Å². The Morgan fingerprint density at radius 2 is 2.07 bits per heavy atom. The number of rotatable bonds is 2. The molecule has 2 rings (SSSR count). The third-order valence-corrected chi connectivity index (χ3v) is 2.58. The number of hydrogen-bond acceptors (Lipinski definition) is 2. The Morgan fingerprint density at radius 1 is 1.29 bits per heavy atom. The summed E-state index contributed by atoms with van der Waals surface area (Å²) in [5, 5.41) is 13.1. The van der Waals surface area contributed by atoms with Crippen molar-refractivity contribution >= 4 is 15.9 Å². The minimum Gasteiger partial charge on any atom is -0.390 e. The van der Waals surface area contributed by atoms with Crippen LogP contribution >= 0.6 is 15.9 Å². The maximum Gasteiger partial charge on any atom is 0.0883 e. The maximum absolute atomic E-state index is 8.88. The van der Waals surface area contributed by atoms with Gasteiger partial charge in [-0.2, -0.15) is 5.10 Å². The first kappa shape index (κ1) is 9.43.